The Morgan fingerprint density at radius 2 is 1.91 bits per heavy atom. The molecule has 43 heavy (non-hydrogen) atoms. The minimum atomic E-state index is -4.58. The fourth-order valence-electron chi connectivity index (χ4n) is 4.95. The van der Waals surface area contributed by atoms with Crippen LogP contribution in [0.3, 0.4) is 0 Å². The highest BCUT2D eigenvalue weighted by Gasteiger charge is 2.41. The molecule has 0 bridgehead atoms. The first kappa shape index (κ1) is 29.4. The third kappa shape index (κ3) is 6.08. The van der Waals surface area contributed by atoms with Crippen molar-refractivity contribution in [2.75, 3.05) is 24.6 Å². The Morgan fingerprint density at radius 3 is 2.70 bits per heavy atom. The summed E-state index contributed by atoms with van der Waals surface area (Å²) in [5.74, 6) is -0.0371. The van der Waals surface area contributed by atoms with Crippen molar-refractivity contribution in [1.29, 1.82) is 0 Å². The molecule has 7 N–H and O–H groups in total. The van der Waals surface area contributed by atoms with E-state index in [2.05, 4.69) is 29.9 Å². The van der Waals surface area contributed by atoms with Crippen molar-refractivity contribution in [2.24, 2.45) is 0 Å². The lowest BCUT2D eigenvalue weighted by atomic mass is 10.2. The third-order valence-electron chi connectivity index (χ3n) is 6.83. The number of H-pyrrole nitrogens is 1. The van der Waals surface area contributed by atoms with Crippen molar-refractivity contribution in [2.45, 2.75) is 49.8 Å². The van der Waals surface area contributed by atoms with Crippen molar-refractivity contribution >= 4 is 52.7 Å². The number of nitrogens with zero attached hydrogens (tertiary/aromatic N) is 7. The summed E-state index contributed by atoms with van der Waals surface area (Å²) in [6.07, 6.45) is -2.59. The normalized spacial score (nSPS) is 26.9. The molecule has 0 saturated carbocycles. The number of alkyl halides is 1. The van der Waals surface area contributed by atoms with E-state index in [9.17, 15) is 22.2 Å². The summed E-state index contributed by atoms with van der Waals surface area (Å²) in [6.45, 7) is -0.735. The van der Waals surface area contributed by atoms with E-state index in [1.807, 2.05) is 4.72 Å². The van der Waals surface area contributed by atoms with Gasteiger partial charge in [0.1, 0.15) is 30.3 Å². The molecule has 6 rings (SSSR count). The molecule has 0 amide bonds. The molecule has 20 nitrogen and oxygen atoms in total. The largest absolute Gasteiger partial charge is 0.382 e. The standard InChI is InChI=1S/C20H25FN11O9PS/c21-9-1-8(39-19(9)32-7-27-14-17(32)29-20(23)30-18(14)33)4-38-42(34)41-10-2-12(40-11(10)3-28-43(35,36)37)31-6-26-13-15(22)24-5-25-16(13)31/h5-12,19,28,42H,1-4H2,(H2,22,24,25)(H,35,36,37)(H3,23,29,30,33)/t8-,9-,10-,11+,12+,19-/m0/s1. The molecule has 2 aliphatic rings. The summed E-state index contributed by atoms with van der Waals surface area (Å²) in [4.78, 5) is 34.5. The second-order valence-corrected chi connectivity index (χ2v) is 11.9. The molecule has 232 valence electrons. The average molecular weight is 646 g/mol. The lowest BCUT2D eigenvalue weighted by molar-refractivity contribution is -0.0345. The second kappa shape index (κ2) is 11.5. The minimum absolute atomic E-state index is 0.0348. The molecule has 6 heterocycles. The molecule has 0 aliphatic carbocycles. The lowest BCUT2D eigenvalue weighted by Crippen LogP contribution is -2.37. The third-order valence-corrected chi connectivity index (χ3v) is 8.26. The molecular weight excluding hydrogens is 620 g/mol. The number of fused-ring (bicyclic) bond motifs is 2. The van der Waals surface area contributed by atoms with Crippen molar-refractivity contribution in [3.8, 4) is 0 Å². The average Bonchev–Trinajstić information content (AvgIpc) is 3.71. The summed E-state index contributed by atoms with van der Waals surface area (Å²) < 4.78 is 86.7. The molecular formula is C20H25FN11O9PS. The van der Waals surface area contributed by atoms with Crippen molar-refractivity contribution in [3.63, 3.8) is 0 Å². The number of ether oxygens (including phenoxy) is 2. The van der Waals surface area contributed by atoms with Gasteiger partial charge in [-0.25, -0.2) is 24.3 Å². The minimum Gasteiger partial charge on any atom is -0.382 e. The second-order valence-electron chi connectivity index (χ2n) is 9.66. The van der Waals surface area contributed by atoms with Gasteiger partial charge in [-0.3, -0.25) is 28.0 Å². The first-order valence-electron chi connectivity index (χ1n) is 12.6. The molecule has 7 atom stereocenters. The van der Waals surface area contributed by atoms with Gasteiger partial charge < -0.3 is 30.0 Å². The van der Waals surface area contributed by atoms with E-state index in [-0.39, 0.29) is 42.4 Å². The van der Waals surface area contributed by atoms with Crippen LogP contribution in [0, 0.1) is 0 Å². The Hall–Kier alpha value is -3.63. The molecule has 0 spiro atoms. The highest BCUT2D eigenvalue weighted by molar-refractivity contribution is 7.83. The Balaban J connectivity index is 1.10. The van der Waals surface area contributed by atoms with Crippen LogP contribution < -0.4 is 21.7 Å². The zero-order chi connectivity index (χ0) is 30.5. The number of rotatable bonds is 10. The van der Waals surface area contributed by atoms with E-state index in [0.29, 0.717) is 11.2 Å². The van der Waals surface area contributed by atoms with Crippen LogP contribution in [0.15, 0.2) is 23.8 Å². The quantitative estimate of drug-likeness (QED) is 0.104. The van der Waals surface area contributed by atoms with Gasteiger partial charge in [0.05, 0.1) is 31.5 Å². The van der Waals surface area contributed by atoms with E-state index in [1.165, 1.54) is 28.1 Å². The zero-order valence-electron chi connectivity index (χ0n) is 21.8. The summed E-state index contributed by atoms with van der Waals surface area (Å²) >= 11 is 0. The van der Waals surface area contributed by atoms with Crippen LogP contribution in [0.5, 0.6) is 0 Å². The first-order chi connectivity index (χ1) is 20.5. The smallest absolute Gasteiger partial charge is 0.333 e. The number of nitrogens with two attached hydrogens (primary N) is 2. The van der Waals surface area contributed by atoms with Crippen molar-refractivity contribution < 1.29 is 40.4 Å². The molecule has 4 aromatic heterocycles. The highest BCUT2D eigenvalue weighted by atomic mass is 32.2. The number of aromatic amines is 1. The van der Waals surface area contributed by atoms with Crippen LogP contribution in [0.4, 0.5) is 16.2 Å². The number of hydrogen-bond acceptors (Lipinski definition) is 15. The molecule has 23 heteroatoms. The number of aromatic nitrogens is 8. The molecule has 0 aromatic carbocycles. The van der Waals surface area contributed by atoms with Gasteiger partial charge in [-0.1, -0.05) is 0 Å². The van der Waals surface area contributed by atoms with E-state index in [4.69, 9.17) is 34.5 Å². The van der Waals surface area contributed by atoms with Crippen LogP contribution in [0.2, 0.25) is 0 Å². The fraction of sp³-hybridized carbons (Fsp3) is 0.500. The topological polar surface area (TPSA) is 280 Å². The van der Waals surface area contributed by atoms with E-state index >= 15 is 0 Å². The summed E-state index contributed by atoms with van der Waals surface area (Å²) in [6, 6.07) is 0. The maximum atomic E-state index is 14.9. The van der Waals surface area contributed by atoms with Crippen LogP contribution >= 0.6 is 8.25 Å². The maximum Gasteiger partial charge on any atom is 0.333 e. The van der Waals surface area contributed by atoms with Gasteiger partial charge in [-0.2, -0.15) is 18.1 Å². The van der Waals surface area contributed by atoms with Crippen molar-refractivity contribution in [3.05, 3.63) is 29.3 Å². The Morgan fingerprint density at radius 1 is 1.14 bits per heavy atom. The number of halogens is 1. The fourth-order valence-corrected chi connectivity index (χ4v) is 6.21. The predicted octanol–water partition coefficient (Wildman–Crippen LogP) is -0.779. The SMILES string of the molecule is Nc1nc2c(ncn2[C@H]2O[C@H](CO[PH](=O)O[C@H]3C[C@H](n4cnc5c(N)ncnc54)O[C@@H]3CNS(=O)(=O)O)C[C@@H]2F)c(=O)[nH]1. The van der Waals surface area contributed by atoms with E-state index < -0.39 is 67.6 Å². The van der Waals surface area contributed by atoms with Gasteiger partial charge >= 0.3 is 18.6 Å². The summed E-state index contributed by atoms with van der Waals surface area (Å²) in [7, 11) is -7.83. The molecule has 2 fully saturated rings. The van der Waals surface area contributed by atoms with Gasteiger partial charge in [0, 0.05) is 19.4 Å². The molecule has 4 aromatic rings. The summed E-state index contributed by atoms with van der Waals surface area (Å²) in [5, 5.41) is 0. The van der Waals surface area contributed by atoms with Gasteiger partial charge in [0.25, 0.3) is 5.56 Å². The van der Waals surface area contributed by atoms with Gasteiger partial charge in [0.15, 0.2) is 28.9 Å². The van der Waals surface area contributed by atoms with Gasteiger partial charge in [0.2, 0.25) is 5.95 Å². The number of hydrogen-bond donors (Lipinski definition) is 5. The highest BCUT2D eigenvalue weighted by Crippen LogP contribution is 2.40. The van der Waals surface area contributed by atoms with Crippen LogP contribution in [0.1, 0.15) is 25.3 Å². The van der Waals surface area contributed by atoms with E-state index in [1.54, 1.807) is 0 Å². The Bertz CT molecular complexity index is 1850. The number of imidazole rings is 2. The Labute approximate surface area is 240 Å². The molecule has 2 saturated heterocycles. The Kier molecular flexibility index (Phi) is 7.85. The zero-order valence-corrected chi connectivity index (χ0v) is 23.6. The van der Waals surface area contributed by atoms with Crippen LogP contribution in [-0.2, 0) is 33.4 Å². The maximum absolute atomic E-state index is 14.9. The van der Waals surface area contributed by atoms with Crippen molar-refractivity contribution in [1.82, 2.24) is 43.8 Å². The number of nitrogens with one attached hydrogen (secondary N) is 2. The van der Waals surface area contributed by atoms with Crippen LogP contribution in [0.25, 0.3) is 22.3 Å². The molecule has 1 unspecified atom stereocenters. The number of nitrogen functional groups attached to an aromatic ring is 2. The molecule has 2 aliphatic heterocycles. The van der Waals surface area contributed by atoms with Gasteiger partial charge in [-0.05, 0) is 0 Å². The number of anilines is 2. The summed E-state index contributed by atoms with van der Waals surface area (Å²) in [5.41, 5.74) is 11.5. The monoisotopic (exact) mass is 645 g/mol. The first-order valence-corrected chi connectivity index (χ1v) is 15.3. The van der Waals surface area contributed by atoms with Gasteiger partial charge in [-0.15, -0.1) is 0 Å². The van der Waals surface area contributed by atoms with E-state index in [0.717, 1.165) is 0 Å². The lowest BCUT2D eigenvalue weighted by Gasteiger charge is -2.19. The predicted molar refractivity (Wildman–Crippen MR) is 144 cm³/mol. The van der Waals surface area contributed by atoms with Crippen LogP contribution in [-0.4, -0.2) is 89.6 Å². The molecule has 0 radical (unpaired) electrons.